The zero-order valence-electron chi connectivity index (χ0n) is 17.5. The van der Waals surface area contributed by atoms with Gasteiger partial charge in [0, 0.05) is 5.92 Å². The second kappa shape index (κ2) is 12.8. The molecular weight excluding hydrogens is 288 g/mol. The number of allylic oxidation sites excluding steroid dienone is 4. The molecule has 0 N–H and O–H groups in total. The van der Waals surface area contributed by atoms with Gasteiger partial charge in [0.1, 0.15) is 0 Å². The molecule has 0 heteroatoms. The van der Waals surface area contributed by atoms with E-state index in [0.717, 1.165) is 5.92 Å². The molecule has 0 aromatic rings. The van der Waals surface area contributed by atoms with Gasteiger partial charge in [-0.05, 0) is 62.5 Å². The van der Waals surface area contributed by atoms with Crippen LogP contribution in [0.5, 0.6) is 0 Å². The standard InChI is InChI=1S/C24H44/c1-6-11-14-17-22-20(9-4)21(10-5)23(18-15-12-7-2)24(22)19-16-13-8-3/h20H,6-19H2,1-5H3. The smallest absolute Gasteiger partial charge is 0.00161 e. The van der Waals surface area contributed by atoms with E-state index >= 15 is 0 Å². The lowest BCUT2D eigenvalue weighted by Gasteiger charge is -2.18. The lowest BCUT2D eigenvalue weighted by molar-refractivity contribution is 0.605. The fourth-order valence-electron chi connectivity index (χ4n) is 4.59. The van der Waals surface area contributed by atoms with Crippen LogP contribution >= 0.6 is 0 Å². The van der Waals surface area contributed by atoms with Crippen LogP contribution in [0.1, 0.15) is 125 Å². The van der Waals surface area contributed by atoms with E-state index in [2.05, 4.69) is 34.6 Å². The molecule has 1 aliphatic carbocycles. The summed E-state index contributed by atoms with van der Waals surface area (Å²) in [7, 11) is 0. The molecule has 0 radical (unpaired) electrons. The Hall–Kier alpha value is -0.520. The molecule has 0 nitrogen and oxygen atoms in total. The normalized spacial score (nSPS) is 18.1. The highest BCUT2D eigenvalue weighted by atomic mass is 14.3. The van der Waals surface area contributed by atoms with Crippen molar-refractivity contribution in [1.82, 2.24) is 0 Å². The van der Waals surface area contributed by atoms with E-state index in [1.54, 1.807) is 0 Å². The Morgan fingerprint density at radius 1 is 0.542 bits per heavy atom. The molecule has 0 fully saturated rings. The van der Waals surface area contributed by atoms with Gasteiger partial charge in [0.15, 0.2) is 0 Å². The summed E-state index contributed by atoms with van der Waals surface area (Å²) in [5, 5.41) is 0. The minimum atomic E-state index is 0.792. The topological polar surface area (TPSA) is 0 Å². The average molecular weight is 333 g/mol. The first kappa shape index (κ1) is 21.5. The van der Waals surface area contributed by atoms with E-state index in [-0.39, 0.29) is 0 Å². The maximum Gasteiger partial charge on any atom is 0.00161 e. The molecule has 0 saturated heterocycles. The van der Waals surface area contributed by atoms with Gasteiger partial charge in [-0.25, -0.2) is 0 Å². The summed E-state index contributed by atoms with van der Waals surface area (Å²) in [5.41, 5.74) is 7.34. The third-order valence-electron chi connectivity index (χ3n) is 5.88. The fraction of sp³-hybridized carbons (Fsp3) is 0.833. The molecule has 0 aromatic carbocycles. The largest absolute Gasteiger partial charge is 0.0654 e. The van der Waals surface area contributed by atoms with Crippen LogP contribution in [0.2, 0.25) is 0 Å². The minimum Gasteiger partial charge on any atom is -0.0654 e. The van der Waals surface area contributed by atoms with Crippen molar-refractivity contribution in [3.05, 3.63) is 22.3 Å². The van der Waals surface area contributed by atoms with E-state index in [4.69, 9.17) is 0 Å². The van der Waals surface area contributed by atoms with Gasteiger partial charge >= 0.3 is 0 Å². The number of unbranched alkanes of at least 4 members (excludes halogenated alkanes) is 6. The van der Waals surface area contributed by atoms with Crippen LogP contribution in [0.15, 0.2) is 22.3 Å². The van der Waals surface area contributed by atoms with Crippen LogP contribution in [-0.2, 0) is 0 Å². The molecule has 24 heavy (non-hydrogen) atoms. The van der Waals surface area contributed by atoms with Crippen LogP contribution in [0.3, 0.4) is 0 Å². The van der Waals surface area contributed by atoms with Gasteiger partial charge in [-0.1, -0.05) is 84.3 Å². The van der Waals surface area contributed by atoms with E-state index < -0.39 is 0 Å². The van der Waals surface area contributed by atoms with Crippen molar-refractivity contribution in [3.8, 4) is 0 Å². The van der Waals surface area contributed by atoms with E-state index in [0.29, 0.717) is 0 Å². The predicted octanol–water partition coefficient (Wildman–Crippen LogP) is 8.77. The lowest BCUT2D eigenvalue weighted by Crippen LogP contribution is -2.03. The first-order chi connectivity index (χ1) is 11.7. The molecular formula is C24H44. The average Bonchev–Trinajstić information content (AvgIpc) is 2.88. The molecule has 1 aliphatic rings. The van der Waals surface area contributed by atoms with Gasteiger partial charge in [-0.15, -0.1) is 0 Å². The summed E-state index contributed by atoms with van der Waals surface area (Å²) in [6.45, 7) is 11.8. The van der Waals surface area contributed by atoms with Crippen LogP contribution < -0.4 is 0 Å². The van der Waals surface area contributed by atoms with Gasteiger partial charge in [0.25, 0.3) is 0 Å². The Morgan fingerprint density at radius 3 is 1.42 bits per heavy atom. The van der Waals surface area contributed by atoms with Crippen molar-refractivity contribution in [2.24, 2.45) is 5.92 Å². The van der Waals surface area contributed by atoms with Crippen molar-refractivity contribution < 1.29 is 0 Å². The lowest BCUT2D eigenvalue weighted by atomic mass is 9.87. The van der Waals surface area contributed by atoms with Crippen molar-refractivity contribution in [2.45, 2.75) is 125 Å². The Morgan fingerprint density at radius 2 is 1.00 bits per heavy atom. The molecule has 1 rings (SSSR count). The van der Waals surface area contributed by atoms with E-state index in [1.807, 2.05) is 22.3 Å². The highest BCUT2D eigenvalue weighted by molar-refractivity contribution is 5.49. The van der Waals surface area contributed by atoms with Crippen molar-refractivity contribution in [2.75, 3.05) is 0 Å². The summed E-state index contributed by atoms with van der Waals surface area (Å²) in [4.78, 5) is 0. The molecule has 0 amide bonds. The van der Waals surface area contributed by atoms with Gasteiger partial charge in [0.2, 0.25) is 0 Å². The molecule has 1 unspecified atom stereocenters. The monoisotopic (exact) mass is 332 g/mol. The summed E-state index contributed by atoms with van der Waals surface area (Å²) in [5.74, 6) is 0.792. The molecule has 0 bridgehead atoms. The van der Waals surface area contributed by atoms with Crippen molar-refractivity contribution in [1.29, 1.82) is 0 Å². The fourth-order valence-corrected chi connectivity index (χ4v) is 4.59. The maximum atomic E-state index is 2.42. The number of rotatable bonds is 14. The second-order valence-corrected chi connectivity index (χ2v) is 7.69. The summed E-state index contributed by atoms with van der Waals surface area (Å²) >= 11 is 0. The summed E-state index contributed by atoms with van der Waals surface area (Å²) in [6, 6.07) is 0. The number of hydrogen-bond acceptors (Lipinski definition) is 0. The molecule has 0 spiro atoms. The highest BCUT2D eigenvalue weighted by Crippen LogP contribution is 2.46. The van der Waals surface area contributed by atoms with Gasteiger partial charge in [-0.3, -0.25) is 0 Å². The third-order valence-corrected chi connectivity index (χ3v) is 5.88. The summed E-state index contributed by atoms with van der Waals surface area (Å²) in [6.07, 6.45) is 19.1. The first-order valence-electron chi connectivity index (χ1n) is 11.2. The SMILES string of the molecule is CCCCCC1=C(CC)C(CC)C(CCCCC)=C1CCCCC. The van der Waals surface area contributed by atoms with Crippen molar-refractivity contribution in [3.63, 3.8) is 0 Å². The quantitative estimate of drug-likeness (QED) is 0.279. The summed E-state index contributed by atoms with van der Waals surface area (Å²) < 4.78 is 0. The molecule has 0 saturated carbocycles. The maximum absolute atomic E-state index is 2.42. The zero-order chi connectivity index (χ0) is 17.8. The Bertz CT molecular complexity index is 396. The second-order valence-electron chi connectivity index (χ2n) is 7.69. The Balaban J connectivity index is 3.01. The third kappa shape index (κ3) is 6.08. The van der Waals surface area contributed by atoms with Crippen LogP contribution in [-0.4, -0.2) is 0 Å². The zero-order valence-corrected chi connectivity index (χ0v) is 17.5. The van der Waals surface area contributed by atoms with Crippen LogP contribution in [0.4, 0.5) is 0 Å². The minimum absolute atomic E-state index is 0.792. The Kier molecular flexibility index (Phi) is 11.5. The molecule has 140 valence electrons. The van der Waals surface area contributed by atoms with Crippen molar-refractivity contribution >= 4 is 0 Å². The Labute approximate surface area is 153 Å². The van der Waals surface area contributed by atoms with Gasteiger partial charge in [-0.2, -0.15) is 0 Å². The van der Waals surface area contributed by atoms with Crippen LogP contribution in [0.25, 0.3) is 0 Å². The molecule has 1 atom stereocenters. The van der Waals surface area contributed by atoms with Crippen LogP contribution in [0, 0.1) is 5.92 Å². The first-order valence-corrected chi connectivity index (χ1v) is 11.2. The van der Waals surface area contributed by atoms with Gasteiger partial charge in [0.05, 0.1) is 0 Å². The molecule has 0 aromatic heterocycles. The highest BCUT2D eigenvalue weighted by Gasteiger charge is 2.30. The predicted molar refractivity (Wildman–Crippen MR) is 111 cm³/mol. The van der Waals surface area contributed by atoms with E-state index in [1.165, 1.54) is 89.9 Å². The molecule has 0 aliphatic heterocycles. The number of hydrogen-bond donors (Lipinski definition) is 0. The van der Waals surface area contributed by atoms with Gasteiger partial charge < -0.3 is 0 Å². The molecule has 0 heterocycles. The van der Waals surface area contributed by atoms with E-state index in [9.17, 15) is 0 Å².